The zero-order valence-electron chi connectivity index (χ0n) is 6.42. The molecule has 0 spiro atoms. The van der Waals surface area contributed by atoms with Crippen LogP contribution in [0.3, 0.4) is 0 Å². The number of hydrogen-bond acceptors (Lipinski definition) is 2. The molecule has 0 aliphatic rings. The highest BCUT2D eigenvalue weighted by Crippen LogP contribution is 1.91. The van der Waals surface area contributed by atoms with E-state index in [9.17, 15) is 0 Å². The van der Waals surface area contributed by atoms with Gasteiger partial charge in [0.15, 0.2) is 0 Å². The molecule has 2 nitrogen and oxygen atoms in total. The summed E-state index contributed by atoms with van der Waals surface area (Å²) in [7, 11) is 0. The van der Waals surface area contributed by atoms with Crippen LogP contribution >= 0.6 is 0 Å². The van der Waals surface area contributed by atoms with Crippen molar-refractivity contribution in [2.45, 2.75) is 39.7 Å². The standard InChI is InChI=1S/C5H12O.C2H4O/c1-3-4-5(2)6;1-2-3/h5-6H,3-4H2,1-2H3;2H,1H3. The summed E-state index contributed by atoms with van der Waals surface area (Å²) in [5.41, 5.74) is 0. The summed E-state index contributed by atoms with van der Waals surface area (Å²) in [5, 5.41) is 8.55. The normalized spacial score (nSPS) is 11.1. The van der Waals surface area contributed by atoms with Crippen LogP contribution in [0.2, 0.25) is 0 Å². The van der Waals surface area contributed by atoms with Crippen molar-refractivity contribution in [3.05, 3.63) is 0 Å². The lowest BCUT2D eigenvalue weighted by Gasteiger charge is -1.95. The summed E-state index contributed by atoms with van der Waals surface area (Å²) in [5.74, 6) is 0. The molecule has 56 valence electrons. The lowest BCUT2D eigenvalue weighted by molar-refractivity contribution is -0.106. The molecule has 0 rings (SSSR count). The maximum absolute atomic E-state index is 8.81. The van der Waals surface area contributed by atoms with Crippen LogP contribution in [0.15, 0.2) is 0 Å². The van der Waals surface area contributed by atoms with Crippen molar-refractivity contribution in [2.75, 3.05) is 0 Å². The molecule has 1 unspecified atom stereocenters. The van der Waals surface area contributed by atoms with Crippen molar-refractivity contribution in [3.8, 4) is 0 Å². The molecule has 0 saturated carbocycles. The summed E-state index contributed by atoms with van der Waals surface area (Å²) >= 11 is 0. The fraction of sp³-hybridized carbons (Fsp3) is 0.857. The molecule has 0 aliphatic heterocycles. The minimum atomic E-state index is -0.102. The molecule has 2 heteroatoms. The lowest BCUT2D eigenvalue weighted by Crippen LogP contribution is -1.95. The molecule has 0 aromatic heterocycles. The molecule has 0 fully saturated rings. The van der Waals surface area contributed by atoms with Crippen LogP contribution < -0.4 is 0 Å². The van der Waals surface area contributed by atoms with Crippen LogP contribution in [-0.2, 0) is 4.79 Å². The zero-order valence-corrected chi connectivity index (χ0v) is 6.42. The van der Waals surface area contributed by atoms with Crippen LogP contribution in [-0.4, -0.2) is 17.5 Å². The molecule has 1 N–H and O–H groups in total. The van der Waals surface area contributed by atoms with Crippen molar-refractivity contribution < 1.29 is 9.90 Å². The lowest BCUT2D eigenvalue weighted by atomic mass is 10.2. The average molecular weight is 132 g/mol. The molecule has 0 amide bonds. The van der Waals surface area contributed by atoms with E-state index in [-0.39, 0.29) is 6.10 Å². The molecular weight excluding hydrogens is 116 g/mol. The summed E-state index contributed by atoms with van der Waals surface area (Å²) in [6.45, 7) is 5.32. The van der Waals surface area contributed by atoms with E-state index in [4.69, 9.17) is 9.90 Å². The van der Waals surface area contributed by atoms with Crippen LogP contribution in [0, 0.1) is 0 Å². The molecule has 0 saturated heterocycles. The predicted molar refractivity (Wildman–Crippen MR) is 38.3 cm³/mol. The van der Waals surface area contributed by atoms with Gasteiger partial charge in [0.2, 0.25) is 0 Å². The number of carbonyl (C=O) groups is 1. The molecule has 0 aromatic rings. The summed E-state index contributed by atoms with van der Waals surface area (Å²) in [6.07, 6.45) is 2.66. The Kier molecular flexibility index (Phi) is 13.4. The Morgan fingerprint density at radius 2 is 2.00 bits per heavy atom. The highest BCUT2D eigenvalue weighted by atomic mass is 16.3. The predicted octanol–water partition coefficient (Wildman–Crippen LogP) is 1.37. The fourth-order valence-electron chi connectivity index (χ4n) is 0.418. The van der Waals surface area contributed by atoms with Gasteiger partial charge < -0.3 is 9.90 Å². The maximum atomic E-state index is 8.81. The number of aldehydes is 1. The SMILES string of the molecule is CC=O.CCCC(C)O. The van der Waals surface area contributed by atoms with Crippen molar-refractivity contribution in [1.82, 2.24) is 0 Å². The van der Waals surface area contributed by atoms with Gasteiger partial charge in [-0.3, -0.25) is 0 Å². The Labute approximate surface area is 56.9 Å². The first kappa shape index (κ1) is 11.4. The summed E-state index contributed by atoms with van der Waals surface area (Å²) in [6, 6.07) is 0. The quantitative estimate of drug-likeness (QED) is 0.576. The Balaban J connectivity index is 0. The second-order valence-electron chi connectivity index (χ2n) is 1.87. The Hall–Kier alpha value is -0.370. The summed E-state index contributed by atoms with van der Waals surface area (Å²) in [4.78, 5) is 8.81. The van der Waals surface area contributed by atoms with Gasteiger partial charge in [0.25, 0.3) is 0 Å². The molecule has 0 bridgehead atoms. The molecule has 0 aromatic carbocycles. The number of hydrogen-bond donors (Lipinski definition) is 1. The van der Waals surface area contributed by atoms with Gasteiger partial charge in [-0.25, -0.2) is 0 Å². The van der Waals surface area contributed by atoms with Crippen LogP contribution in [0.25, 0.3) is 0 Å². The molecule has 1 atom stereocenters. The molecule has 0 heterocycles. The highest BCUT2D eigenvalue weighted by molar-refractivity contribution is 5.44. The largest absolute Gasteiger partial charge is 0.393 e. The smallest absolute Gasteiger partial charge is 0.116 e. The number of rotatable bonds is 2. The van der Waals surface area contributed by atoms with E-state index < -0.39 is 0 Å². The van der Waals surface area contributed by atoms with Crippen molar-refractivity contribution in [1.29, 1.82) is 0 Å². The van der Waals surface area contributed by atoms with Crippen molar-refractivity contribution >= 4 is 6.29 Å². The van der Waals surface area contributed by atoms with E-state index in [0.717, 1.165) is 19.1 Å². The second kappa shape index (κ2) is 10.6. The van der Waals surface area contributed by atoms with Crippen LogP contribution in [0.5, 0.6) is 0 Å². The molecule has 9 heavy (non-hydrogen) atoms. The van der Waals surface area contributed by atoms with Gasteiger partial charge in [-0.2, -0.15) is 0 Å². The summed E-state index contributed by atoms with van der Waals surface area (Å²) < 4.78 is 0. The van der Waals surface area contributed by atoms with Crippen molar-refractivity contribution in [3.63, 3.8) is 0 Å². The van der Waals surface area contributed by atoms with E-state index in [0.29, 0.717) is 0 Å². The number of carbonyl (C=O) groups excluding carboxylic acids is 1. The number of aliphatic hydroxyl groups is 1. The van der Waals surface area contributed by atoms with Gasteiger partial charge in [-0.1, -0.05) is 13.3 Å². The monoisotopic (exact) mass is 132 g/mol. The van der Waals surface area contributed by atoms with Crippen molar-refractivity contribution in [2.24, 2.45) is 0 Å². The Morgan fingerprint density at radius 1 is 1.67 bits per heavy atom. The first-order valence-corrected chi connectivity index (χ1v) is 3.26. The van der Waals surface area contributed by atoms with Gasteiger partial charge in [0, 0.05) is 0 Å². The van der Waals surface area contributed by atoms with Gasteiger partial charge in [0.1, 0.15) is 6.29 Å². The minimum absolute atomic E-state index is 0.102. The van der Waals surface area contributed by atoms with Gasteiger partial charge in [-0.05, 0) is 20.3 Å². The molecule has 0 aliphatic carbocycles. The third kappa shape index (κ3) is 35.0. The van der Waals surface area contributed by atoms with E-state index in [1.54, 1.807) is 0 Å². The fourth-order valence-corrected chi connectivity index (χ4v) is 0.418. The first-order chi connectivity index (χ1) is 4.18. The van der Waals surface area contributed by atoms with Gasteiger partial charge in [0.05, 0.1) is 6.10 Å². The second-order valence-corrected chi connectivity index (χ2v) is 1.87. The van der Waals surface area contributed by atoms with Crippen LogP contribution in [0.1, 0.15) is 33.6 Å². The average Bonchev–Trinajstić information content (AvgIpc) is 1.67. The third-order valence-electron chi connectivity index (χ3n) is 0.706. The number of aliphatic hydroxyl groups excluding tert-OH is 1. The first-order valence-electron chi connectivity index (χ1n) is 3.26. The molecule has 0 radical (unpaired) electrons. The minimum Gasteiger partial charge on any atom is -0.393 e. The van der Waals surface area contributed by atoms with Gasteiger partial charge in [-0.15, -0.1) is 0 Å². The third-order valence-corrected chi connectivity index (χ3v) is 0.706. The van der Waals surface area contributed by atoms with E-state index >= 15 is 0 Å². The maximum Gasteiger partial charge on any atom is 0.116 e. The van der Waals surface area contributed by atoms with Gasteiger partial charge >= 0.3 is 0 Å². The van der Waals surface area contributed by atoms with Crippen LogP contribution in [0.4, 0.5) is 0 Å². The zero-order chi connectivity index (χ0) is 7.70. The molecular formula is C7H16O2. The Morgan fingerprint density at radius 3 is 2.00 bits per heavy atom. The van der Waals surface area contributed by atoms with E-state index in [1.165, 1.54) is 6.92 Å². The van der Waals surface area contributed by atoms with E-state index in [2.05, 4.69) is 6.92 Å². The topological polar surface area (TPSA) is 37.3 Å². The Bertz CT molecular complexity index is 50.9. The highest BCUT2D eigenvalue weighted by Gasteiger charge is 1.87. The van der Waals surface area contributed by atoms with E-state index in [1.807, 2.05) is 6.92 Å².